The fourth-order valence-corrected chi connectivity index (χ4v) is 5.30. The van der Waals surface area contributed by atoms with Crippen molar-refractivity contribution in [3.63, 3.8) is 0 Å². The minimum absolute atomic E-state index is 0.0278. The van der Waals surface area contributed by atoms with E-state index in [-0.39, 0.29) is 5.91 Å². The van der Waals surface area contributed by atoms with Gasteiger partial charge in [0.15, 0.2) is 5.16 Å². The van der Waals surface area contributed by atoms with Gasteiger partial charge < -0.3 is 9.88 Å². The lowest BCUT2D eigenvalue weighted by atomic mass is 10.1. The number of pyridine rings is 1. The van der Waals surface area contributed by atoms with E-state index in [0.717, 1.165) is 45.9 Å². The number of imidazole rings is 1. The van der Waals surface area contributed by atoms with Crippen molar-refractivity contribution in [1.82, 2.24) is 19.9 Å². The Balaban J connectivity index is 1.33. The highest BCUT2D eigenvalue weighted by Crippen LogP contribution is 2.27. The van der Waals surface area contributed by atoms with Crippen LogP contribution in [0.2, 0.25) is 0 Å². The van der Waals surface area contributed by atoms with Crippen LogP contribution in [0.15, 0.2) is 72.1 Å². The molecule has 1 saturated carbocycles. The van der Waals surface area contributed by atoms with Crippen molar-refractivity contribution in [2.24, 2.45) is 0 Å². The van der Waals surface area contributed by atoms with Crippen LogP contribution in [0, 0.1) is 6.92 Å². The van der Waals surface area contributed by atoms with Crippen molar-refractivity contribution in [3.05, 3.63) is 89.2 Å². The number of rotatable bonds is 7. The van der Waals surface area contributed by atoms with Crippen molar-refractivity contribution >= 4 is 28.7 Å². The molecule has 5 nitrogen and oxygen atoms in total. The first-order chi connectivity index (χ1) is 16.2. The van der Waals surface area contributed by atoms with E-state index in [1.165, 1.54) is 24.0 Å². The molecule has 0 saturated heterocycles. The minimum atomic E-state index is 0.0278. The highest BCUT2D eigenvalue weighted by atomic mass is 32.2. The Kier molecular flexibility index (Phi) is 6.44. The molecule has 168 valence electrons. The molecule has 0 spiro atoms. The monoisotopic (exact) mass is 456 g/mol. The third kappa shape index (κ3) is 5.11. The number of amides is 1. The number of hydrogen-bond acceptors (Lipinski definition) is 4. The summed E-state index contributed by atoms with van der Waals surface area (Å²) < 4.78 is 2.22. The van der Waals surface area contributed by atoms with Gasteiger partial charge in [0.05, 0.1) is 23.8 Å². The van der Waals surface area contributed by atoms with E-state index in [2.05, 4.69) is 46.1 Å². The number of nitrogens with zero attached hydrogens (tertiary/aromatic N) is 3. The van der Waals surface area contributed by atoms with Gasteiger partial charge in [-0.3, -0.25) is 9.78 Å². The van der Waals surface area contributed by atoms with Crippen LogP contribution >= 0.6 is 11.8 Å². The van der Waals surface area contributed by atoms with Crippen molar-refractivity contribution < 1.29 is 4.79 Å². The van der Waals surface area contributed by atoms with E-state index in [0.29, 0.717) is 12.6 Å². The summed E-state index contributed by atoms with van der Waals surface area (Å²) in [5.74, 6) is 0.886. The number of hydrogen-bond donors (Lipinski definition) is 1. The lowest BCUT2D eigenvalue weighted by molar-refractivity contribution is 0.0938. The predicted molar refractivity (Wildman–Crippen MR) is 134 cm³/mol. The zero-order valence-electron chi connectivity index (χ0n) is 18.8. The van der Waals surface area contributed by atoms with Crippen LogP contribution in [0.5, 0.6) is 0 Å². The second kappa shape index (κ2) is 9.79. The molecule has 4 aromatic rings. The molecule has 0 radical (unpaired) electrons. The number of aromatic nitrogens is 3. The van der Waals surface area contributed by atoms with E-state index in [1.54, 1.807) is 18.0 Å². The van der Waals surface area contributed by atoms with Gasteiger partial charge >= 0.3 is 0 Å². The molecule has 5 rings (SSSR count). The molecule has 1 aliphatic carbocycles. The zero-order chi connectivity index (χ0) is 22.6. The number of thioether (sulfide) groups is 1. The summed E-state index contributed by atoms with van der Waals surface area (Å²) in [4.78, 5) is 21.7. The standard InChI is InChI=1S/C27H28N4OS/c1-19-6-8-21(9-7-19)18-33-27-30-24-14-15-28-16-25(24)31(27)17-20-10-12-22(13-11-20)26(32)29-23-4-2-3-5-23/h6-16,23H,2-5,17-18H2,1H3,(H,29,32). The summed E-state index contributed by atoms with van der Waals surface area (Å²) in [5, 5.41) is 4.14. The predicted octanol–water partition coefficient (Wildman–Crippen LogP) is 5.75. The van der Waals surface area contributed by atoms with Crippen LogP contribution in [-0.4, -0.2) is 26.5 Å². The van der Waals surface area contributed by atoms with Gasteiger partial charge in [0.25, 0.3) is 5.91 Å². The van der Waals surface area contributed by atoms with Crippen LogP contribution in [0.25, 0.3) is 11.0 Å². The van der Waals surface area contributed by atoms with E-state index in [1.807, 2.05) is 36.5 Å². The van der Waals surface area contributed by atoms with Crippen LogP contribution in [0.4, 0.5) is 0 Å². The lowest BCUT2D eigenvalue weighted by Crippen LogP contribution is -2.32. The molecule has 0 aliphatic heterocycles. The van der Waals surface area contributed by atoms with E-state index in [4.69, 9.17) is 4.98 Å². The highest BCUT2D eigenvalue weighted by molar-refractivity contribution is 7.98. The molecule has 1 aliphatic rings. The molecule has 2 aromatic carbocycles. The van der Waals surface area contributed by atoms with Gasteiger partial charge in [-0.15, -0.1) is 0 Å². The first-order valence-corrected chi connectivity index (χ1v) is 12.5. The normalized spacial score (nSPS) is 14.1. The Morgan fingerprint density at radius 1 is 1.03 bits per heavy atom. The number of nitrogens with one attached hydrogen (secondary N) is 1. The SMILES string of the molecule is Cc1ccc(CSc2nc3ccncc3n2Cc2ccc(C(=O)NC3CCCC3)cc2)cc1. The quantitative estimate of drug-likeness (QED) is 0.360. The summed E-state index contributed by atoms with van der Waals surface area (Å²) in [5.41, 5.74) is 6.36. The Morgan fingerprint density at radius 3 is 2.52 bits per heavy atom. The minimum Gasteiger partial charge on any atom is -0.349 e. The van der Waals surface area contributed by atoms with Gasteiger partial charge in [-0.05, 0) is 49.1 Å². The second-order valence-electron chi connectivity index (χ2n) is 8.77. The molecule has 0 unspecified atom stereocenters. The third-order valence-corrected chi connectivity index (χ3v) is 7.30. The molecule has 33 heavy (non-hydrogen) atoms. The molecule has 1 amide bonds. The van der Waals surface area contributed by atoms with Crippen molar-refractivity contribution in [3.8, 4) is 0 Å². The third-order valence-electron chi connectivity index (χ3n) is 6.25. The smallest absolute Gasteiger partial charge is 0.251 e. The average Bonchev–Trinajstić information content (AvgIpc) is 3.47. The van der Waals surface area contributed by atoms with Crippen LogP contribution in [0.1, 0.15) is 52.7 Å². The van der Waals surface area contributed by atoms with Gasteiger partial charge in [-0.1, -0.05) is 66.6 Å². The Hall–Kier alpha value is -3.12. The van der Waals surface area contributed by atoms with Gasteiger partial charge in [-0.25, -0.2) is 4.98 Å². The summed E-state index contributed by atoms with van der Waals surface area (Å²) >= 11 is 1.74. The fraction of sp³-hybridized carbons (Fsp3) is 0.296. The molecule has 0 bridgehead atoms. The number of fused-ring (bicyclic) bond motifs is 1. The maximum atomic E-state index is 12.6. The topological polar surface area (TPSA) is 59.8 Å². The average molecular weight is 457 g/mol. The first-order valence-electron chi connectivity index (χ1n) is 11.5. The maximum absolute atomic E-state index is 12.6. The van der Waals surface area contributed by atoms with Gasteiger partial charge in [-0.2, -0.15) is 0 Å². The maximum Gasteiger partial charge on any atom is 0.251 e. The van der Waals surface area contributed by atoms with Gasteiger partial charge in [0.1, 0.15) is 0 Å². The summed E-state index contributed by atoms with van der Waals surface area (Å²) in [6.45, 7) is 2.79. The fourth-order valence-electron chi connectivity index (χ4n) is 4.33. The number of carbonyl (C=O) groups is 1. The van der Waals surface area contributed by atoms with Crippen molar-refractivity contribution in [2.75, 3.05) is 0 Å². The lowest BCUT2D eigenvalue weighted by Gasteiger charge is -2.13. The van der Waals surface area contributed by atoms with E-state index >= 15 is 0 Å². The second-order valence-corrected chi connectivity index (χ2v) is 9.71. The summed E-state index contributed by atoms with van der Waals surface area (Å²) in [6.07, 6.45) is 8.26. The molecule has 6 heteroatoms. The van der Waals surface area contributed by atoms with Crippen molar-refractivity contribution in [1.29, 1.82) is 0 Å². The van der Waals surface area contributed by atoms with Crippen LogP contribution in [-0.2, 0) is 12.3 Å². The molecule has 1 fully saturated rings. The van der Waals surface area contributed by atoms with Gasteiger partial charge in [0.2, 0.25) is 0 Å². The van der Waals surface area contributed by atoms with Crippen LogP contribution in [0.3, 0.4) is 0 Å². The molecule has 2 aromatic heterocycles. The Bertz CT molecular complexity index is 1240. The Labute approximate surface area is 198 Å². The van der Waals surface area contributed by atoms with E-state index < -0.39 is 0 Å². The highest BCUT2D eigenvalue weighted by Gasteiger charge is 2.18. The van der Waals surface area contributed by atoms with Crippen molar-refractivity contribution in [2.45, 2.75) is 56.1 Å². The van der Waals surface area contributed by atoms with E-state index in [9.17, 15) is 4.79 Å². The zero-order valence-corrected chi connectivity index (χ0v) is 19.6. The first kappa shape index (κ1) is 21.7. The molecular weight excluding hydrogens is 428 g/mol. The molecular formula is C27H28N4OS. The van der Waals surface area contributed by atoms with Gasteiger partial charge in [0, 0.05) is 23.6 Å². The number of carbonyl (C=O) groups excluding carboxylic acids is 1. The number of benzene rings is 2. The summed E-state index contributed by atoms with van der Waals surface area (Å²) in [6, 6.07) is 18.9. The molecule has 1 N–H and O–H groups in total. The summed E-state index contributed by atoms with van der Waals surface area (Å²) in [7, 11) is 0. The Morgan fingerprint density at radius 2 is 1.76 bits per heavy atom. The largest absolute Gasteiger partial charge is 0.349 e. The number of aryl methyl sites for hydroxylation is 1. The molecule has 0 atom stereocenters. The molecule has 2 heterocycles. The van der Waals surface area contributed by atoms with Crippen LogP contribution < -0.4 is 5.32 Å².